The fraction of sp³-hybridized carbons (Fsp3) is 0.103. The third-order valence-electron chi connectivity index (χ3n) is 5.33. The molecule has 10 heteroatoms. The number of carbonyl (C=O) groups is 3. The van der Waals surface area contributed by atoms with Gasteiger partial charge in [-0.15, -0.1) is 23.1 Å². The summed E-state index contributed by atoms with van der Waals surface area (Å²) in [7, 11) is 0. The summed E-state index contributed by atoms with van der Waals surface area (Å²) in [6, 6.07) is 23.3. The molecule has 3 aromatic carbocycles. The van der Waals surface area contributed by atoms with Crippen molar-refractivity contribution in [3.63, 3.8) is 0 Å². The number of aryl methyl sites for hydroxylation is 1. The zero-order valence-electron chi connectivity index (χ0n) is 21.1. The van der Waals surface area contributed by atoms with Crippen LogP contribution in [0.4, 0.5) is 10.8 Å². The van der Waals surface area contributed by atoms with Crippen molar-refractivity contribution in [1.82, 2.24) is 10.3 Å². The number of amides is 3. The number of thiazole rings is 1. The van der Waals surface area contributed by atoms with E-state index in [0.29, 0.717) is 16.4 Å². The first-order valence-corrected chi connectivity index (χ1v) is 14.5. The Morgan fingerprint density at radius 2 is 1.72 bits per heavy atom. The molecule has 0 fully saturated rings. The molecule has 3 amide bonds. The molecule has 1 atom stereocenters. The summed E-state index contributed by atoms with van der Waals surface area (Å²) in [5.74, 6) is -1.03. The Morgan fingerprint density at radius 3 is 2.41 bits per heavy atom. The highest BCUT2D eigenvalue weighted by molar-refractivity contribution is 9.10. The van der Waals surface area contributed by atoms with E-state index in [-0.39, 0.29) is 11.6 Å². The highest BCUT2D eigenvalue weighted by atomic mass is 79.9. The van der Waals surface area contributed by atoms with Crippen LogP contribution >= 0.6 is 39.0 Å². The minimum absolute atomic E-state index is 0.0933. The first-order chi connectivity index (χ1) is 18.8. The summed E-state index contributed by atoms with van der Waals surface area (Å²) in [6.45, 7) is 3.68. The van der Waals surface area contributed by atoms with Crippen LogP contribution in [0.3, 0.4) is 0 Å². The number of anilines is 2. The number of hydrogen-bond donors (Lipinski definition) is 3. The zero-order valence-corrected chi connectivity index (χ0v) is 24.3. The van der Waals surface area contributed by atoms with E-state index in [1.54, 1.807) is 48.5 Å². The third-order valence-corrected chi connectivity index (χ3v) is 7.83. The Balaban J connectivity index is 1.48. The molecule has 0 bridgehead atoms. The molecule has 3 N–H and O–H groups in total. The summed E-state index contributed by atoms with van der Waals surface area (Å²) >= 11 is 6.15. The van der Waals surface area contributed by atoms with Gasteiger partial charge >= 0.3 is 0 Å². The zero-order chi connectivity index (χ0) is 27.8. The summed E-state index contributed by atoms with van der Waals surface area (Å²) in [5, 5.41) is 10.5. The number of carbonyl (C=O) groups excluding carboxylic acids is 3. The summed E-state index contributed by atoms with van der Waals surface area (Å²) in [6.07, 6.45) is 1.62. The van der Waals surface area contributed by atoms with Gasteiger partial charge in [0, 0.05) is 26.0 Å². The first kappa shape index (κ1) is 28.3. The maximum absolute atomic E-state index is 13.3. The molecule has 0 aliphatic carbocycles. The van der Waals surface area contributed by atoms with Crippen LogP contribution < -0.4 is 16.0 Å². The van der Waals surface area contributed by atoms with Crippen molar-refractivity contribution in [2.75, 3.05) is 10.6 Å². The van der Waals surface area contributed by atoms with Crippen molar-refractivity contribution in [2.45, 2.75) is 24.0 Å². The van der Waals surface area contributed by atoms with Crippen LogP contribution in [0, 0.1) is 6.92 Å². The Morgan fingerprint density at radius 1 is 0.974 bits per heavy atom. The van der Waals surface area contributed by atoms with Crippen molar-refractivity contribution in [2.24, 2.45) is 0 Å². The fourth-order valence-electron chi connectivity index (χ4n) is 3.39. The number of halogens is 1. The van der Waals surface area contributed by atoms with Gasteiger partial charge in [-0.2, -0.15) is 0 Å². The second kappa shape index (κ2) is 13.4. The average molecular weight is 622 g/mol. The number of nitrogens with zero attached hydrogens (tertiary/aromatic N) is 1. The minimum Gasteiger partial charge on any atom is -0.321 e. The van der Waals surface area contributed by atoms with Crippen LogP contribution in [-0.4, -0.2) is 28.0 Å². The molecule has 4 rings (SSSR count). The van der Waals surface area contributed by atoms with Crippen LogP contribution in [0.2, 0.25) is 0 Å². The molecule has 1 unspecified atom stereocenters. The number of thioether (sulfide) groups is 1. The molecule has 0 saturated carbocycles. The Hall–Kier alpha value is -3.73. The maximum Gasteiger partial charge on any atom is 0.272 e. The number of aromatic nitrogens is 1. The molecule has 0 aliphatic heterocycles. The van der Waals surface area contributed by atoms with Gasteiger partial charge in [0.2, 0.25) is 5.91 Å². The van der Waals surface area contributed by atoms with Gasteiger partial charge in [0.1, 0.15) is 5.70 Å². The van der Waals surface area contributed by atoms with E-state index in [0.717, 1.165) is 20.6 Å². The van der Waals surface area contributed by atoms with E-state index < -0.39 is 17.1 Å². The van der Waals surface area contributed by atoms with E-state index in [1.165, 1.54) is 23.1 Å². The first-order valence-electron chi connectivity index (χ1n) is 11.9. The van der Waals surface area contributed by atoms with Crippen LogP contribution in [-0.2, 0) is 9.59 Å². The molecule has 7 nitrogen and oxygen atoms in total. The molecule has 0 spiro atoms. The maximum atomic E-state index is 13.3. The van der Waals surface area contributed by atoms with E-state index in [1.807, 2.05) is 55.6 Å². The van der Waals surface area contributed by atoms with Gasteiger partial charge in [-0.25, -0.2) is 4.98 Å². The molecule has 0 saturated heterocycles. The number of hydrogen-bond acceptors (Lipinski definition) is 6. The highest BCUT2D eigenvalue weighted by Crippen LogP contribution is 2.27. The predicted molar refractivity (Wildman–Crippen MR) is 162 cm³/mol. The fourth-order valence-corrected chi connectivity index (χ4v) is 5.27. The predicted octanol–water partition coefficient (Wildman–Crippen LogP) is 6.74. The molecule has 39 heavy (non-hydrogen) atoms. The molecule has 0 aliphatic rings. The lowest BCUT2D eigenvalue weighted by atomic mass is 10.1. The van der Waals surface area contributed by atoms with Gasteiger partial charge in [0.25, 0.3) is 11.8 Å². The monoisotopic (exact) mass is 620 g/mol. The van der Waals surface area contributed by atoms with Gasteiger partial charge in [-0.1, -0.05) is 52.3 Å². The Bertz CT molecular complexity index is 1500. The average Bonchev–Trinajstić information content (AvgIpc) is 3.34. The molecule has 1 heterocycles. The highest BCUT2D eigenvalue weighted by Gasteiger charge is 2.18. The normalized spacial score (nSPS) is 11.9. The van der Waals surface area contributed by atoms with E-state index in [4.69, 9.17) is 0 Å². The van der Waals surface area contributed by atoms with Crippen molar-refractivity contribution in [3.8, 4) is 0 Å². The molecular formula is C29H25BrN4O3S2. The van der Waals surface area contributed by atoms with Gasteiger partial charge in [-0.05, 0) is 68.0 Å². The van der Waals surface area contributed by atoms with Gasteiger partial charge in [0.05, 0.1) is 10.9 Å². The number of rotatable bonds is 9. The second-order valence-corrected chi connectivity index (χ2v) is 11.6. The summed E-state index contributed by atoms with van der Waals surface area (Å²) in [5.41, 5.74) is 2.66. The third kappa shape index (κ3) is 8.38. The lowest BCUT2D eigenvalue weighted by Crippen LogP contribution is -2.30. The lowest BCUT2D eigenvalue weighted by Gasteiger charge is -2.13. The number of benzene rings is 3. The Kier molecular flexibility index (Phi) is 9.69. The summed E-state index contributed by atoms with van der Waals surface area (Å²) in [4.78, 5) is 43.8. The van der Waals surface area contributed by atoms with Crippen molar-refractivity contribution < 1.29 is 14.4 Å². The molecule has 4 aromatic rings. The molecule has 0 radical (unpaired) electrons. The van der Waals surface area contributed by atoms with Crippen molar-refractivity contribution in [3.05, 3.63) is 111 Å². The summed E-state index contributed by atoms with van der Waals surface area (Å²) < 4.78 is 0.901. The SMILES string of the molecule is Cc1csc(NC(=O)C(C)Sc2cccc(NC(=O)/C(=C/c3ccc(Br)cc3)NC(=O)c3ccccc3)c2)n1. The van der Waals surface area contributed by atoms with Crippen molar-refractivity contribution in [1.29, 1.82) is 0 Å². The Labute approximate surface area is 243 Å². The second-order valence-electron chi connectivity index (χ2n) is 8.46. The quantitative estimate of drug-likeness (QED) is 0.142. The van der Waals surface area contributed by atoms with E-state index in [9.17, 15) is 14.4 Å². The van der Waals surface area contributed by atoms with Gasteiger partial charge in [0.15, 0.2) is 5.13 Å². The van der Waals surface area contributed by atoms with Crippen LogP contribution in [0.25, 0.3) is 6.08 Å². The van der Waals surface area contributed by atoms with Gasteiger partial charge < -0.3 is 16.0 Å². The smallest absolute Gasteiger partial charge is 0.272 e. The minimum atomic E-state index is -0.478. The topological polar surface area (TPSA) is 100 Å². The molecular weight excluding hydrogens is 596 g/mol. The standard InChI is InChI=1S/C29H25BrN4O3S2/c1-18-17-38-29(31-18)34-26(35)19(2)39-24-10-6-9-23(16-24)32-28(37)25(15-20-11-13-22(30)14-12-20)33-27(36)21-7-4-3-5-8-21/h3-17,19H,1-2H3,(H,32,37)(H,33,36)(H,31,34,35)/b25-15-. The molecule has 198 valence electrons. The molecule has 1 aromatic heterocycles. The van der Waals surface area contributed by atoms with E-state index >= 15 is 0 Å². The van der Waals surface area contributed by atoms with E-state index in [2.05, 4.69) is 36.9 Å². The van der Waals surface area contributed by atoms with Crippen LogP contribution in [0.1, 0.15) is 28.5 Å². The van der Waals surface area contributed by atoms with Gasteiger partial charge in [-0.3, -0.25) is 14.4 Å². The van der Waals surface area contributed by atoms with Crippen LogP contribution in [0.15, 0.2) is 99.3 Å². The van der Waals surface area contributed by atoms with Crippen LogP contribution in [0.5, 0.6) is 0 Å². The van der Waals surface area contributed by atoms with Crippen molar-refractivity contribution >= 4 is 73.6 Å². The lowest BCUT2D eigenvalue weighted by molar-refractivity contribution is -0.115. The largest absolute Gasteiger partial charge is 0.321 e. The number of nitrogens with one attached hydrogen (secondary N) is 3.